The molecule has 17 heavy (non-hydrogen) atoms. The third kappa shape index (κ3) is 8.69. The van der Waals surface area contributed by atoms with Gasteiger partial charge in [0.25, 0.3) is 0 Å². The Labute approximate surface area is 106 Å². The lowest BCUT2D eigenvalue weighted by molar-refractivity contribution is -0.135. The van der Waals surface area contributed by atoms with Gasteiger partial charge in [-0.05, 0) is 26.7 Å². The molecule has 0 aromatic carbocycles. The van der Waals surface area contributed by atoms with Crippen LogP contribution in [0.25, 0.3) is 0 Å². The van der Waals surface area contributed by atoms with Crippen LogP contribution in [0, 0.1) is 0 Å². The lowest BCUT2D eigenvalue weighted by atomic mass is 10.1. The molecule has 1 atom stereocenters. The van der Waals surface area contributed by atoms with Crippen molar-refractivity contribution in [3.63, 3.8) is 0 Å². The first-order chi connectivity index (χ1) is 8.02. The van der Waals surface area contributed by atoms with Crippen molar-refractivity contribution in [2.45, 2.75) is 53.5 Å². The zero-order chi connectivity index (χ0) is 13.8. The van der Waals surface area contributed by atoms with E-state index in [0.717, 1.165) is 18.4 Å². The van der Waals surface area contributed by atoms with Gasteiger partial charge in [0.05, 0.1) is 12.7 Å². The largest absolute Gasteiger partial charge is 0.465 e. The van der Waals surface area contributed by atoms with E-state index in [1.54, 1.807) is 6.08 Å². The lowest BCUT2D eigenvalue weighted by Crippen LogP contribution is -2.13. The number of nitrogens with two attached hydrogens (primary N) is 1. The number of hydrogen-bond donors (Lipinski definition) is 1. The monoisotopic (exact) mass is 241 g/mol. The summed E-state index contributed by atoms with van der Waals surface area (Å²) in [6.45, 7) is 9.87. The highest BCUT2D eigenvalue weighted by Crippen LogP contribution is 2.11. The summed E-state index contributed by atoms with van der Waals surface area (Å²) >= 11 is 0. The van der Waals surface area contributed by atoms with Gasteiger partial charge in [0.1, 0.15) is 0 Å². The van der Waals surface area contributed by atoms with Crippen molar-refractivity contribution in [2.75, 3.05) is 7.11 Å². The van der Waals surface area contributed by atoms with E-state index in [-0.39, 0.29) is 12.0 Å². The summed E-state index contributed by atoms with van der Waals surface area (Å²) in [4.78, 5) is 11.4. The Morgan fingerprint density at radius 2 is 1.94 bits per heavy atom. The molecule has 0 spiro atoms. The molecule has 0 aromatic rings. The molecule has 1 unspecified atom stereocenters. The van der Waals surface area contributed by atoms with Gasteiger partial charge in [0, 0.05) is 6.04 Å². The van der Waals surface area contributed by atoms with Crippen LogP contribution in [0.1, 0.15) is 47.5 Å². The number of carbonyl (C=O) groups excluding carboxylic acids is 1. The van der Waals surface area contributed by atoms with Crippen molar-refractivity contribution in [3.05, 3.63) is 23.3 Å². The van der Waals surface area contributed by atoms with E-state index >= 15 is 0 Å². The van der Waals surface area contributed by atoms with E-state index in [2.05, 4.69) is 0 Å². The van der Waals surface area contributed by atoms with Crippen LogP contribution >= 0.6 is 0 Å². The smallest absolute Gasteiger partial charge is 0.337 e. The summed E-state index contributed by atoms with van der Waals surface area (Å²) in [5, 5.41) is 0. The number of allylic oxidation sites excluding steroid dienone is 1. The van der Waals surface area contributed by atoms with E-state index in [1.807, 2.05) is 40.7 Å². The number of rotatable bonds is 5. The molecule has 0 fully saturated rings. The minimum Gasteiger partial charge on any atom is -0.465 e. The van der Waals surface area contributed by atoms with Gasteiger partial charge in [-0.2, -0.15) is 0 Å². The van der Waals surface area contributed by atoms with Crippen LogP contribution in [0.15, 0.2) is 23.3 Å². The fourth-order valence-corrected chi connectivity index (χ4v) is 1.09. The molecule has 0 aromatic heterocycles. The summed E-state index contributed by atoms with van der Waals surface area (Å²) in [7, 11) is 1.39. The van der Waals surface area contributed by atoms with Crippen molar-refractivity contribution >= 4 is 5.97 Å². The quantitative estimate of drug-likeness (QED) is 0.457. The molecule has 0 rings (SSSR count). The van der Waals surface area contributed by atoms with Crippen molar-refractivity contribution < 1.29 is 9.53 Å². The molecule has 0 bridgehead atoms. The Kier molecular flexibility index (Phi) is 12.3. The van der Waals surface area contributed by atoms with Gasteiger partial charge in [-0.25, -0.2) is 4.79 Å². The fourth-order valence-electron chi connectivity index (χ4n) is 1.09. The number of hydrogen-bond acceptors (Lipinski definition) is 3. The molecular weight excluding hydrogens is 214 g/mol. The first-order valence-corrected chi connectivity index (χ1v) is 6.23. The van der Waals surface area contributed by atoms with Gasteiger partial charge in [0.15, 0.2) is 0 Å². The zero-order valence-electron chi connectivity index (χ0n) is 12.0. The topological polar surface area (TPSA) is 52.3 Å². The van der Waals surface area contributed by atoms with Crippen LogP contribution in [-0.4, -0.2) is 19.1 Å². The second-order valence-corrected chi connectivity index (χ2v) is 3.65. The molecular formula is C14H27NO2. The van der Waals surface area contributed by atoms with Crippen molar-refractivity contribution in [1.82, 2.24) is 0 Å². The fraction of sp³-hybridized carbons (Fsp3) is 0.643. The molecule has 100 valence electrons. The number of ether oxygens (including phenoxy) is 1. The zero-order valence-corrected chi connectivity index (χ0v) is 12.0. The Bertz CT molecular complexity index is 265. The van der Waals surface area contributed by atoms with E-state index in [1.165, 1.54) is 7.11 Å². The SMILES string of the molecule is CC.CC/C(C)=C(\C=C/CC(C)N)C(=O)OC. The van der Waals surface area contributed by atoms with Crippen LogP contribution < -0.4 is 5.73 Å². The van der Waals surface area contributed by atoms with Gasteiger partial charge in [-0.1, -0.05) is 38.5 Å². The number of methoxy groups -OCH3 is 1. The number of carbonyl (C=O) groups is 1. The Morgan fingerprint density at radius 3 is 2.29 bits per heavy atom. The number of esters is 1. The maximum absolute atomic E-state index is 11.4. The molecule has 0 heterocycles. The Morgan fingerprint density at radius 1 is 1.41 bits per heavy atom. The van der Waals surface area contributed by atoms with Crippen LogP contribution in [0.2, 0.25) is 0 Å². The first-order valence-electron chi connectivity index (χ1n) is 6.23. The first kappa shape index (κ1) is 18.3. The molecule has 0 aliphatic carbocycles. The second kappa shape index (κ2) is 11.4. The highest BCUT2D eigenvalue weighted by Gasteiger charge is 2.08. The van der Waals surface area contributed by atoms with Crippen LogP contribution in [0.5, 0.6) is 0 Å². The summed E-state index contributed by atoms with van der Waals surface area (Å²) < 4.78 is 4.71. The molecule has 0 radical (unpaired) electrons. The summed E-state index contributed by atoms with van der Waals surface area (Å²) in [6.07, 6.45) is 5.31. The standard InChI is InChI=1S/C12H21NO2.C2H6/c1-5-9(2)11(12(14)15-4)8-6-7-10(3)13;1-2/h6,8,10H,5,7,13H2,1-4H3;1-2H3/b8-6-,11-9+;. The summed E-state index contributed by atoms with van der Waals surface area (Å²) in [6, 6.07) is 0.113. The lowest BCUT2D eigenvalue weighted by Gasteiger charge is -2.05. The van der Waals surface area contributed by atoms with Crippen LogP contribution in [-0.2, 0) is 9.53 Å². The maximum atomic E-state index is 11.4. The average Bonchev–Trinajstić information content (AvgIpc) is 2.35. The van der Waals surface area contributed by atoms with Crippen molar-refractivity contribution in [3.8, 4) is 0 Å². The average molecular weight is 241 g/mol. The summed E-state index contributed by atoms with van der Waals surface area (Å²) in [5.41, 5.74) is 7.28. The van der Waals surface area contributed by atoms with Crippen molar-refractivity contribution in [2.24, 2.45) is 5.73 Å². The van der Waals surface area contributed by atoms with Crippen molar-refractivity contribution in [1.29, 1.82) is 0 Å². The predicted molar refractivity (Wildman–Crippen MR) is 73.8 cm³/mol. The van der Waals surface area contributed by atoms with Crippen LogP contribution in [0.4, 0.5) is 0 Å². The van der Waals surface area contributed by atoms with Gasteiger partial charge in [-0.3, -0.25) is 0 Å². The van der Waals surface area contributed by atoms with Gasteiger partial charge in [0.2, 0.25) is 0 Å². The molecule has 0 amide bonds. The Balaban J connectivity index is 0. The van der Waals surface area contributed by atoms with Crippen LogP contribution in [0.3, 0.4) is 0 Å². The third-order valence-corrected chi connectivity index (χ3v) is 2.19. The van der Waals surface area contributed by atoms with E-state index in [9.17, 15) is 4.79 Å². The third-order valence-electron chi connectivity index (χ3n) is 2.19. The Hall–Kier alpha value is -1.09. The minimum atomic E-state index is -0.282. The summed E-state index contributed by atoms with van der Waals surface area (Å²) in [5.74, 6) is -0.282. The van der Waals surface area contributed by atoms with E-state index < -0.39 is 0 Å². The van der Waals surface area contributed by atoms with Gasteiger partial charge >= 0.3 is 5.97 Å². The highest BCUT2D eigenvalue weighted by atomic mass is 16.5. The normalized spacial score (nSPS) is 13.6. The molecule has 3 nitrogen and oxygen atoms in total. The molecule has 0 saturated heterocycles. The van der Waals surface area contributed by atoms with E-state index in [4.69, 9.17) is 10.5 Å². The molecule has 0 saturated carbocycles. The highest BCUT2D eigenvalue weighted by molar-refractivity contribution is 5.92. The molecule has 0 aliphatic rings. The molecule has 2 N–H and O–H groups in total. The maximum Gasteiger partial charge on any atom is 0.337 e. The minimum absolute atomic E-state index is 0.113. The van der Waals surface area contributed by atoms with Gasteiger partial charge in [-0.15, -0.1) is 0 Å². The van der Waals surface area contributed by atoms with E-state index in [0.29, 0.717) is 5.57 Å². The predicted octanol–water partition coefficient (Wildman–Crippen LogP) is 3.21. The second-order valence-electron chi connectivity index (χ2n) is 3.65. The van der Waals surface area contributed by atoms with Gasteiger partial charge < -0.3 is 10.5 Å². The molecule has 0 aliphatic heterocycles. The molecule has 3 heteroatoms.